The summed E-state index contributed by atoms with van der Waals surface area (Å²) in [6, 6.07) is 12.6. The van der Waals surface area contributed by atoms with E-state index in [1.807, 2.05) is 6.07 Å². The van der Waals surface area contributed by atoms with Crippen molar-refractivity contribution in [3.05, 3.63) is 48.6 Å². The standard InChI is InChI=1S/C14H13O2.W/c1-10-2-3-12-7-13(5-4-11(12)6-10)15-8-14-9-16-14;/h2-7,9,14H,8H2,1H3;/q-1;. The minimum Gasteiger partial charge on any atom is -0.567 e. The molecule has 3 heteroatoms. The molecule has 1 aliphatic heterocycles. The zero-order chi connectivity index (χ0) is 11.0. The van der Waals surface area contributed by atoms with E-state index in [0.717, 1.165) is 5.75 Å². The Bertz CT molecular complexity index is 521. The van der Waals surface area contributed by atoms with Crippen molar-refractivity contribution in [3.8, 4) is 5.75 Å². The molecule has 1 heterocycles. The van der Waals surface area contributed by atoms with Gasteiger partial charge in [0, 0.05) is 21.1 Å². The molecule has 0 spiro atoms. The molecule has 0 N–H and O–H groups in total. The summed E-state index contributed by atoms with van der Waals surface area (Å²) in [6.45, 7) is 4.49. The van der Waals surface area contributed by atoms with Crippen LogP contribution < -0.4 is 4.74 Å². The molecule has 1 unspecified atom stereocenters. The van der Waals surface area contributed by atoms with Crippen molar-refractivity contribution >= 4 is 10.8 Å². The Morgan fingerprint density at radius 2 is 1.88 bits per heavy atom. The van der Waals surface area contributed by atoms with Crippen molar-refractivity contribution in [2.75, 3.05) is 6.61 Å². The second-order valence-corrected chi connectivity index (χ2v) is 4.13. The van der Waals surface area contributed by atoms with Crippen molar-refractivity contribution in [2.45, 2.75) is 13.0 Å². The fourth-order valence-electron chi connectivity index (χ4n) is 1.75. The van der Waals surface area contributed by atoms with E-state index in [2.05, 4.69) is 37.3 Å². The van der Waals surface area contributed by atoms with E-state index in [-0.39, 0.29) is 27.2 Å². The molecule has 0 aromatic heterocycles. The van der Waals surface area contributed by atoms with Gasteiger partial charge in [-0.25, -0.2) is 0 Å². The fourth-order valence-corrected chi connectivity index (χ4v) is 1.75. The molecule has 0 saturated carbocycles. The maximum Gasteiger partial charge on any atom is 0.119 e. The van der Waals surface area contributed by atoms with Crippen LogP contribution in [0.25, 0.3) is 10.8 Å². The van der Waals surface area contributed by atoms with Crippen molar-refractivity contribution in [2.24, 2.45) is 0 Å². The average Bonchev–Trinajstić information content (AvgIpc) is 3.10. The van der Waals surface area contributed by atoms with Crippen molar-refractivity contribution < 1.29 is 30.5 Å². The van der Waals surface area contributed by atoms with Gasteiger partial charge in [0.1, 0.15) is 5.75 Å². The van der Waals surface area contributed by atoms with Gasteiger partial charge in [0.15, 0.2) is 0 Å². The van der Waals surface area contributed by atoms with Crippen molar-refractivity contribution in [3.63, 3.8) is 0 Å². The first-order valence-corrected chi connectivity index (χ1v) is 5.43. The Balaban J connectivity index is 0.00000108. The Hall–Kier alpha value is -0.852. The van der Waals surface area contributed by atoms with Crippen LogP contribution in [-0.2, 0) is 25.8 Å². The van der Waals surface area contributed by atoms with Gasteiger partial charge in [0.05, 0.1) is 6.61 Å². The summed E-state index contributed by atoms with van der Waals surface area (Å²) in [5, 5.41) is 2.46. The molecule has 17 heavy (non-hydrogen) atoms. The molecule has 0 radical (unpaired) electrons. The van der Waals surface area contributed by atoms with E-state index < -0.39 is 0 Å². The topological polar surface area (TPSA) is 21.8 Å². The molecule has 2 aromatic carbocycles. The number of fused-ring (bicyclic) bond motifs is 1. The van der Waals surface area contributed by atoms with Crippen LogP contribution >= 0.6 is 0 Å². The Morgan fingerprint density at radius 3 is 2.65 bits per heavy atom. The van der Waals surface area contributed by atoms with Crippen LogP contribution in [-0.4, -0.2) is 12.7 Å². The first-order valence-electron chi connectivity index (χ1n) is 5.43. The average molecular weight is 397 g/mol. The van der Waals surface area contributed by atoms with Gasteiger partial charge in [-0.3, -0.25) is 0 Å². The SMILES string of the molecule is Cc1ccc2cc(OCC3[CH-]O3)ccc2c1.[W]. The van der Waals surface area contributed by atoms with Gasteiger partial charge < -0.3 is 9.47 Å². The summed E-state index contributed by atoms with van der Waals surface area (Å²) in [7, 11) is 0. The predicted octanol–water partition coefficient (Wildman–Crippen LogP) is 3.09. The molecule has 2 aromatic rings. The van der Waals surface area contributed by atoms with Crippen LogP contribution in [0.15, 0.2) is 36.4 Å². The first kappa shape index (κ1) is 12.6. The fraction of sp³-hybridized carbons (Fsp3) is 0.214. The maximum absolute atomic E-state index is 5.61. The summed E-state index contributed by atoms with van der Waals surface area (Å²) >= 11 is 0. The molecule has 3 rings (SSSR count). The summed E-state index contributed by atoms with van der Waals surface area (Å²) in [5.41, 5.74) is 1.28. The van der Waals surface area contributed by atoms with Crippen LogP contribution in [0.5, 0.6) is 5.75 Å². The van der Waals surface area contributed by atoms with Crippen LogP contribution in [0.2, 0.25) is 0 Å². The van der Waals surface area contributed by atoms with E-state index in [9.17, 15) is 0 Å². The minimum absolute atomic E-state index is 0. The number of epoxide rings is 1. The van der Waals surface area contributed by atoms with Crippen molar-refractivity contribution in [1.82, 2.24) is 0 Å². The molecule has 0 amide bonds. The van der Waals surface area contributed by atoms with Crippen LogP contribution in [0.1, 0.15) is 5.56 Å². The van der Waals surface area contributed by atoms with Crippen molar-refractivity contribution in [1.29, 1.82) is 0 Å². The van der Waals surface area contributed by atoms with Gasteiger partial charge in [-0.1, -0.05) is 29.8 Å². The molecular formula is C14H13O2W-. The molecule has 88 valence electrons. The van der Waals surface area contributed by atoms with E-state index in [4.69, 9.17) is 9.47 Å². The second-order valence-electron chi connectivity index (χ2n) is 4.13. The zero-order valence-electron chi connectivity index (χ0n) is 9.55. The van der Waals surface area contributed by atoms with Crippen LogP contribution in [0, 0.1) is 13.5 Å². The Kier molecular flexibility index (Phi) is 3.85. The number of rotatable bonds is 3. The van der Waals surface area contributed by atoms with Crippen LogP contribution in [0.4, 0.5) is 0 Å². The van der Waals surface area contributed by atoms with Gasteiger partial charge in [-0.05, 0) is 35.9 Å². The molecule has 2 nitrogen and oxygen atoms in total. The molecular weight excluding hydrogens is 384 g/mol. The van der Waals surface area contributed by atoms with Gasteiger partial charge in [-0.15, -0.1) is 0 Å². The van der Waals surface area contributed by atoms with E-state index in [1.54, 1.807) is 6.61 Å². The van der Waals surface area contributed by atoms with Gasteiger partial charge in [0.2, 0.25) is 0 Å². The monoisotopic (exact) mass is 397 g/mol. The van der Waals surface area contributed by atoms with Gasteiger partial charge in [0.25, 0.3) is 0 Å². The summed E-state index contributed by atoms with van der Waals surface area (Å²) in [4.78, 5) is 0. The summed E-state index contributed by atoms with van der Waals surface area (Å²) in [5.74, 6) is 0.903. The third-order valence-electron chi connectivity index (χ3n) is 2.71. The van der Waals surface area contributed by atoms with E-state index >= 15 is 0 Å². The number of ether oxygens (including phenoxy) is 2. The number of hydrogen-bond donors (Lipinski definition) is 0. The third kappa shape index (κ3) is 3.08. The molecule has 1 saturated heterocycles. The Labute approximate surface area is 115 Å². The third-order valence-corrected chi connectivity index (χ3v) is 2.71. The molecule has 0 bridgehead atoms. The maximum atomic E-state index is 5.61. The normalized spacial score (nSPS) is 17.6. The zero-order valence-corrected chi connectivity index (χ0v) is 12.5. The predicted molar refractivity (Wildman–Crippen MR) is 63.4 cm³/mol. The van der Waals surface area contributed by atoms with E-state index in [1.165, 1.54) is 16.3 Å². The van der Waals surface area contributed by atoms with Gasteiger partial charge >= 0.3 is 0 Å². The minimum atomic E-state index is 0. The second kappa shape index (κ2) is 5.20. The quantitative estimate of drug-likeness (QED) is 0.587. The number of aryl methyl sites for hydroxylation is 1. The number of hydrogen-bond acceptors (Lipinski definition) is 2. The summed E-state index contributed by atoms with van der Waals surface area (Å²) < 4.78 is 10.6. The molecule has 1 fully saturated rings. The van der Waals surface area contributed by atoms with E-state index in [0.29, 0.717) is 6.61 Å². The van der Waals surface area contributed by atoms with Gasteiger partial charge in [-0.2, -0.15) is 6.61 Å². The first-order chi connectivity index (χ1) is 7.81. The largest absolute Gasteiger partial charge is 0.567 e. The number of benzene rings is 2. The molecule has 0 aliphatic carbocycles. The molecule has 1 aliphatic rings. The Morgan fingerprint density at radius 1 is 1.18 bits per heavy atom. The smallest absolute Gasteiger partial charge is 0.119 e. The molecule has 1 atom stereocenters. The summed E-state index contributed by atoms with van der Waals surface area (Å²) in [6.07, 6.45) is 0.189. The van der Waals surface area contributed by atoms with Crippen LogP contribution in [0.3, 0.4) is 0 Å².